The number of amides is 3. The Kier molecular flexibility index (Phi) is 6.64. The highest BCUT2D eigenvalue weighted by molar-refractivity contribution is 7.91. The van der Waals surface area contributed by atoms with E-state index in [0.717, 1.165) is 12.8 Å². The zero-order valence-corrected chi connectivity index (χ0v) is 19.1. The van der Waals surface area contributed by atoms with Crippen molar-refractivity contribution in [2.24, 2.45) is 5.92 Å². The summed E-state index contributed by atoms with van der Waals surface area (Å²) in [6, 6.07) is 5.63. The van der Waals surface area contributed by atoms with Crippen molar-refractivity contribution < 1.29 is 27.1 Å². The Hall–Kier alpha value is -3.01. The van der Waals surface area contributed by atoms with Crippen LogP contribution >= 0.6 is 0 Å². The van der Waals surface area contributed by atoms with E-state index in [0.29, 0.717) is 29.3 Å². The summed E-state index contributed by atoms with van der Waals surface area (Å²) in [5.41, 5.74) is 1.79. The molecule has 3 amide bonds. The Labute approximate surface area is 192 Å². The van der Waals surface area contributed by atoms with Gasteiger partial charge in [-0.2, -0.15) is 0 Å². The van der Waals surface area contributed by atoms with Gasteiger partial charge in [-0.15, -0.1) is 0 Å². The number of imide groups is 1. The van der Waals surface area contributed by atoms with Crippen molar-refractivity contribution in [1.82, 2.24) is 10.3 Å². The van der Waals surface area contributed by atoms with Crippen LogP contribution in [0.1, 0.15) is 36.8 Å². The number of carbonyl (C=O) groups is 2. The monoisotopic (exact) mass is 475 g/mol. The van der Waals surface area contributed by atoms with E-state index in [1.165, 1.54) is 17.2 Å². The Balaban J connectivity index is 1.36. The third kappa shape index (κ3) is 6.07. The first-order chi connectivity index (χ1) is 15.7. The van der Waals surface area contributed by atoms with Crippen LogP contribution in [0.3, 0.4) is 0 Å². The zero-order chi connectivity index (χ0) is 23.6. The van der Waals surface area contributed by atoms with E-state index in [1.807, 2.05) is 0 Å². The number of aromatic nitrogens is 1. The van der Waals surface area contributed by atoms with Crippen LogP contribution in [0, 0.1) is 11.7 Å². The first-order valence-corrected chi connectivity index (χ1v) is 12.7. The fourth-order valence-corrected chi connectivity index (χ4v) is 5.34. The molecular formula is C23H26FN3O5S. The van der Waals surface area contributed by atoms with E-state index in [9.17, 15) is 22.4 Å². The highest BCUT2D eigenvalue weighted by atomic mass is 32.2. The lowest BCUT2D eigenvalue weighted by molar-refractivity contribution is -0.117. The average molecular weight is 476 g/mol. The first-order valence-electron chi connectivity index (χ1n) is 10.9. The molecule has 2 fully saturated rings. The second kappa shape index (κ2) is 9.46. The SMILES string of the molecule is C[C@@H](CS(=O)(=O)CCc1cncc(N2CC(=O)NC2=O)c1)c1ccc(F)c(OCC2CC2)c1. The van der Waals surface area contributed by atoms with Gasteiger partial charge >= 0.3 is 6.03 Å². The van der Waals surface area contributed by atoms with Gasteiger partial charge in [-0.1, -0.05) is 13.0 Å². The van der Waals surface area contributed by atoms with Gasteiger partial charge in [0.05, 0.1) is 30.0 Å². The fourth-order valence-electron chi connectivity index (χ4n) is 3.67. The molecule has 1 aliphatic heterocycles. The van der Waals surface area contributed by atoms with Gasteiger partial charge in [0.2, 0.25) is 5.91 Å². The molecule has 1 aromatic carbocycles. The van der Waals surface area contributed by atoms with Crippen molar-refractivity contribution in [2.45, 2.75) is 32.1 Å². The Morgan fingerprint density at radius 1 is 1.24 bits per heavy atom. The lowest BCUT2D eigenvalue weighted by atomic mass is 10.0. The van der Waals surface area contributed by atoms with Gasteiger partial charge in [0.15, 0.2) is 21.4 Å². The summed E-state index contributed by atoms with van der Waals surface area (Å²) in [5, 5.41) is 2.19. The molecule has 176 valence electrons. The number of nitrogens with one attached hydrogen (secondary N) is 1. The number of sulfone groups is 1. The highest BCUT2D eigenvalue weighted by Gasteiger charge is 2.28. The summed E-state index contributed by atoms with van der Waals surface area (Å²) in [4.78, 5) is 28.6. The van der Waals surface area contributed by atoms with Gasteiger partial charge in [-0.05, 0) is 60.4 Å². The predicted octanol–water partition coefficient (Wildman–Crippen LogP) is 2.83. The third-order valence-electron chi connectivity index (χ3n) is 5.79. The van der Waals surface area contributed by atoms with Crippen LogP contribution in [-0.2, 0) is 21.1 Å². The van der Waals surface area contributed by atoms with E-state index >= 15 is 0 Å². The summed E-state index contributed by atoms with van der Waals surface area (Å²) in [7, 11) is -3.43. The van der Waals surface area contributed by atoms with Gasteiger partial charge in [0.25, 0.3) is 0 Å². The summed E-state index contributed by atoms with van der Waals surface area (Å²) < 4.78 is 45.1. The molecule has 2 aromatic rings. The van der Waals surface area contributed by atoms with Crippen molar-refractivity contribution in [3.8, 4) is 5.75 Å². The number of halogens is 1. The molecule has 0 unspecified atom stereocenters. The molecular weight excluding hydrogens is 449 g/mol. The summed E-state index contributed by atoms with van der Waals surface area (Å²) in [6.07, 6.45) is 5.41. The quantitative estimate of drug-likeness (QED) is 0.530. The van der Waals surface area contributed by atoms with Crippen molar-refractivity contribution in [3.05, 3.63) is 53.6 Å². The highest BCUT2D eigenvalue weighted by Crippen LogP contribution is 2.31. The molecule has 10 heteroatoms. The number of benzene rings is 1. The zero-order valence-electron chi connectivity index (χ0n) is 18.3. The van der Waals surface area contributed by atoms with Crippen LogP contribution in [0.4, 0.5) is 14.9 Å². The normalized spacial score (nSPS) is 17.2. The lowest BCUT2D eigenvalue weighted by Crippen LogP contribution is -2.28. The van der Waals surface area contributed by atoms with E-state index in [4.69, 9.17) is 4.74 Å². The number of hydrogen-bond acceptors (Lipinski definition) is 6. The first kappa shape index (κ1) is 23.2. The van der Waals surface area contributed by atoms with Gasteiger partial charge < -0.3 is 4.74 Å². The predicted molar refractivity (Wildman–Crippen MR) is 121 cm³/mol. The summed E-state index contributed by atoms with van der Waals surface area (Å²) >= 11 is 0. The average Bonchev–Trinajstić information content (AvgIpc) is 3.53. The molecule has 1 aliphatic carbocycles. The maximum Gasteiger partial charge on any atom is 0.329 e. The van der Waals surface area contributed by atoms with E-state index in [1.54, 1.807) is 31.3 Å². The number of anilines is 1. The molecule has 1 atom stereocenters. The Morgan fingerprint density at radius 2 is 2.03 bits per heavy atom. The van der Waals surface area contributed by atoms with E-state index in [2.05, 4.69) is 10.3 Å². The summed E-state index contributed by atoms with van der Waals surface area (Å²) in [6.45, 7) is 2.18. The minimum Gasteiger partial charge on any atom is -0.490 e. The van der Waals surface area contributed by atoms with Gasteiger partial charge in [-0.3, -0.25) is 20.0 Å². The topological polar surface area (TPSA) is 106 Å². The molecule has 1 saturated carbocycles. The third-order valence-corrected chi connectivity index (χ3v) is 7.62. The van der Waals surface area contributed by atoms with Crippen LogP contribution in [0.25, 0.3) is 0 Å². The van der Waals surface area contributed by atoms with Gasteiger partial charge in [0, 0.05) is 6.20 Å². The molecule has 2 heterocycles. The molecule has 0 radical (unpaired) electrons. The Morgan fingerprint density at radius 3 is 2.73 bits per heavy atom. The van der Waals surface area contributed by atoms with E-state index in [-0.39, 0.29) is 36.1 Å². The number of rotatable bonds is 10. The van der Waals surface area contributed by atoms with Crippen molar-refractivity contribution in [3.63, 3.8) is 0 Å². The number of nitrogens with zero attached hydrogens (tertiary/aromatic N) is 2. The molecule has 1 saturated heterocycles. The van der Waals surface area contributed by atoms with Crippen LogP contribution in [0.5, 0.6) is 5.75 Å². The number of carbonyl (C=O) groups excluding carboxylic acids is 2. The second-order valence-electron chi connectivity index (χ2n) is 8.70. The van der Waals surface area contributed by atoms with Crippen molar-refractivity contribution in [2.75, 3.05) is 29.6 Å². The van der Waals surface area contributed by atoms with Crippen molar-refractivity contribution >= 4 is 27.5 Å². The lowest BCUT2D eigenvalue weighted by Gasteiger charge is -2.16. The van der Waals surface area contributed by atoms with Crippen LogP contribution in [0.15, 0.2) is 36.7 Å². The minimum absolute atomic E-state index is 0.0865. The molecule has 4 rings (SSSR count). The van der Waals surface area contributed by atoms with Gasteiger partial charge in [0.1, 0.15) is 6.54 Å². The molecule has 8 nitrogen and oxygen atoms in total. The number of pyridine rings is 1. The molecule has 1 aromatic heterocycles. The fraction of sp³-hybridized carbons (Fsp3) is 0.435. The number of urea groups is 1. The van der Waals surface area contributed by atoms with Crippen LogP contribution in [-0.4, -0.2) is 50.0 Å². The second-order valence-corrected chi connectivity index (χ2v) is 10.9. The summed E-state index contributed by atoms with van der Waals surface area (Å²) in [5.74, 6) is -0.715. The van der Waals surface area contributed by atoms with Gasteiger partial charge in [-0.25, -0.2) is 17.6 Å². The maximum absolute atomic E-state index is 14.0. The number of hydrogen-bond donors (Lipinski definition) is 1. The molecule has 2 aliphatic rings. The largest absolute Gasteiger partial charge is 0.490 e. The van der Waals surface area contributed by atoms with Crippen molar-refractivity contribution in [1.29, 1.82) is 0 Å². The molecule has 0 spiro atoms. The number of ether oxygens (including phenoxy) is 1. The van der Waals surface area contributed by atoms with E-state index < -0.39 is 27.6 Å². The smallest absolute Gasteiger partial charge is 0.329 e. The number of aryl methyl sites for hydroxylation is 1. The van der Waals surface area contributed by atoms with Crippen LogP contribution in [0.2, 0.25) is 0 Å². The minimum atomic E-state index is -3.43. The van der Waals surface area contributed by atoms with Crippen LogP contribution < -0.4 is 15.0 Å². The molecule has 0 bridgehead atoms. The standard InChI is InChI=1S/C23H26FN3O5S/c1-15(18-4-5-20(24)21(9-18)32-13-16-2-3-16)14-33(30,31)7-6-17-8-19(11-25-10-17)27-12-22(28)26-23(27)29/h4-5,8-11,15-16H,2-3,6-7,12-14H2,1H3,(H,26,28,29)/t15-/m0/s1. The Bertz CT molecular complexity index is 1170. The molecule has 33 heavy (non-hydrogen) atoms. The maximum atomic E-state index is 14.0. The molecule has 1 N–H and O–H groups in total.